The van der Waals surface area contributed by atoms with Crippen LogP contribution in [-0.4, -0.2) is 86.2 Å². The van der Waals surface area contributed by atoms with Gasteiger partial charge in [-0.1, -0.05) is 0 Å². The highest BCUT2D eigenvalue weighted by Crippen LogP contribution is 2.31. The molecule has 1 saturated heterocycles. The first-order valence-electron chi connectivity index (χ1n) is 6.35. The van der Waals surface area contributed by atoms with Gasteiger partial charge >= 0.3 is 16.4 Å². The van der Waals surface area contributed by atoms with Crippen LogP contribution in [0.15, 0.2) is 11.6 Å². The molecule has 1 N–H and O–H groups in total. The van der Waals surface area contributed by atoms with Crippen LogP contribution in [0.25, 0.3) is 0 Å². The molecule has 0 aromatic carbocycles. The fourth-order valence-corrected chi connectivity index (χ4v) is 2.85. The Morgan fingerprint density at radius 2 is 2.14 bits per heavy atom. The molecule has 3 amide bonds. The predicted molar refractivity (Wildman–Crippen MR) is 72.8 cm³/mol. The minimum absolute atomic E-state index is 0.0633. The third-order valence-corrected chi connectivity index (χ3v) is 3.73. The van der Waals surface area contributed by atoms with Gasteiger partial charge in [0, 0.05) is 26.8 Å². The van der Waals surface area contributed by atoms with E-state index in [-0.39, 0.29) is 24.6 Å². The highest BCUT2D eigenvalue weighted by atomic mass is 32.3. The van der Waals surface area contributed by atoms with Gasteiger partial charge in [0.15, 0.2) is 0 Å². The number of carbonyl (C=O) groups is 2. The normalized spacial score (nSPS) is 24.5. The summed E-state index contributed by atoms with van der Waals surface area (Å²) in [6.45, 7) is 0.205. The van der Waals surface area contributed by atoms with Crippen molar-refractivity contribution in [3.05, 3.63) is 11.6 Å². The molecule has 0 aliphatic carbocycles. The lowest BCUT2D eigenvalue weighted by Crippen LogP contribution is -2.44. The van der Waals surface area contributed by atoms with Crippen molar-refractivity contribution in [2.75, 3.05) is 34.4 Å². The number of fused-ring (bicyclic) bond motifs is 2. The Kier molecular flexibility index (Phi) is 4.42. The van der Waals surface area contributed by atoms with Crippen molar-refractivity contribution in [3.63, 3.8) is 0 Å². The number of carbonyl (C=O) groups excluding carboxylic acids is 2. The molecule has 11 heteroatoms. The van der Waals surface area contributed by atoms with Gasteiger partial charge in [0.2, 0.25) is 0 Å². The summed E-state index contributed by atoms with van der Waals surface area (Å²) in [5, 5.41) is 0.498. The van der Waals surface area contributed by atoms with Gasteiger partial charge in [-0.25, -0.2) is 4.79 Å². The molecule has 2 heterocycles. The Morgan fingerprint density at radius 1 is 1.50 bits per heavy atom. The van der Waals surface area contributed by atoms with Gasteiger partial charge < -0.3 is 14.5 Å². The number of amides is 3. The van der Waals surface area contributed by atoms with Crippen LogP contribution in [0.2, 0.25) is 0 Å². The number of likely N-dealkylation sites (N-methyl/N-ethyl adjacent to an activating group) is 1. The first-order chi connectivity index (χ1) is 10.2. The standard InChI is InChI=1S/C11H17N3O7S/c1-12(2)10(15)8-4-7(6-20-3)13-5-9(8)14(11(13)16)21-22(17,18)19/h4,7,9H,5-6H2,1-3H3,(H,17,18,19)/t7-,9-/m0/s1. The summed E-state index contributed by atoms with van der Waals surface area (Å²) in [7, 11) is -0.372. The highest BCUT2D eigenvalue weighted by Gasteiger charge is 2.50. The van der Waals surface area contributed by atoms with E-state index in [2.05, 4.69) is 4.28 Å². The highest BCUT2D eigenvalue weighted by molar-refractivity contribution is 7.80. The Bertz CT molecular complexity index is 615. The van der Waals surface area contributed by atoms with Crippen molar-refractivity contribution in [1.29, 1.82) is 0 Å². The molecule has 124 valence electrons. The molecule has 1 fully saturated rings. The summed E-state index contributed by atoms with van der Waals surface area (Å²) in [5.74, 6) is -0.385. The third-order valence-electron chi connectivity index (χ3n) is 3.38. The van der Waals surface area contributed by atoms with Crippen LogP contribution >= 0.6 is 0 Å². The molecule has 2 rings (SSSR count). The minimum Gasteiger partial charge on any atom is -0.382 e. The zero-order chi connectivity index (χ0) is 16.7. The van der Waals surface area contributed by atoms with E-state index in [0.29, 0.717) is 5.06 Å². The lowest BCUT2D eigenvalue weighted by atomic mass is 9.99. The zero-order valence-electron chi connectivity index (χ0n) is 12.3. The fraction of sp³-hybridized carbons (Fsp3) is 0.636. The van der Waals surface area contributed by atoms with E-state index >= 15 is 0 Å². The second-order valence-electron chi connectivity index (χ2n) is 5.12. The van der Waals surface area contributed by atoms with E-state index in [9.17, 15) is 18.0 Å². The monoisotopic (exact) mass is 335 g/mol. The molecule has 0 spiro atoms. The van der Waals surface area contributed by atoms with E-state index in [1.807, 2.05) is 0 Å². The van der Waals surface area contributed by atoms with Gasteiger partial charge in [-0.05, 0) is 6.08 Å². The number of hydrogen-bond acceptors (Lipinski definition) is 6. The van der Waals surface area contributed by atoms with Gasteiger partial charge in [-0.3, -0.25) is 9.35 Å². The van der Waals surface area contributed by atoms with Crippen LogP contribution in [0, 0.1) is 0 Å². The molecule has 0 unspecified atom stereocenters. The topological polar surface area (TPSA) is 117 Å². The second-order valence-corrected chi connectivity index (χ2v) is 6.13. The molecule has 0 saturated carbocycles. The third kappa shape index (κ3) is 3.06. The Hall–Kier alpha value is -1.69. The van der Waals surface area contributed by atoms with Crippen molar-refractivity contribution < 1.29 is 31.6 Å². The zero-order valence-corrected chi connectivity index (χ0v) is 13.1. The molecule has 0 aromatic heterocycles. The average molecular weight is 335 g/mol. The van der Waals surface area contributed by atoms with Crippen molar-refractivity contribution >= 4 is 22.3 Å². The molecule has 2 bridgehead atoms. The van der Waals surface area contributed by atoms with E-state index in [4.69, 9.17) is 9.29 Å². The van der Waals surface area contributed by atoms with Gasteiger partial charge in [0.25, 0.3) is 5.91 Å². The number of hydroxylamine groups is 2. The lowest BCUT2D eigenvalue weighted by Gasteiger charge is -2.29. The summed E-state index contributed by atoms with van der Waals surface area (Å²) in [5.41, 5.74) is 0.206. The number of urea groups is 1. The SMILES string of the molecule is COC[C@@H]1C=C(C(=O)N(C)C)[C@@H]2CN1C(=O)N2OS(=O)(=O)O. The van der Waals surface area contributed by atoms with Gasteiger partial charge in [0.1, 0.15) is 6.04 Å². The van der Waals surface area contributed by atoms with Crippen LogP contribution in [0.3, 0.4) is 0 Å². The van der Waals surface area contributed by atoms with E-state index in [1.54, 1.807) is 6.08 Å². The minimum atomic E-state index is -4.88. The largest absolute Gasteiger partial charge is 0.418 e. The number of hydrogen-bond donors (Lipinski definition) is 1. The summed E-state index contributed by atoms with van der Waals surface area (Å²) < 4.78 is 40.0. The van der Waals surface area contributed by atoms with Crippen LogP contribution in [-0.2, 0) is 24.2 Å². The van der Waals surface area contributed by atoms with Gasteiger partial charge in [-0.15, -0.1) is 4.28 Å². The summed E-state index contributed by atoms with van der Waals surface area (Å²) in [6, 6.07) is -2.21. The van der Waals surface area contributed by atoms with Crippen LogP contribution < -0.4 is 0 Å². The molecule has 0 radical (unpaired) electrons. The van der Waals surface area contributed by atoms with Crippen molar-refractivity contribution in [2.24, 2.45) is 0 Å². The van der Waals surface area contributed by atoms with E-state index in [1.165, 1.54) is 31.0 Å². The number of ether oxygens (including phenoxy) is 1. The molecule has 2 atom stereocenters. The molecule has 2 aliphatic heterocycles. The molecule has 10 nitrogen and oxygen atoms in total. The van der Waals surface area contributed by atoms with Crippen molar-refractivity contribution in [1.82, 2.24) is 14.9 Å². The maximum atomic E-state index is 12.2. The predicted octanol–water partition coefficient (Wildman–Crippen LogP) is -1.13. The molecule has 22 heavy (non-hydrogen) atoms. The quantitative estimate of drug-likeness (QED) is 0.632. The first kappa shape index (κ1) is 16.7. The average Bonchev–Trinajstić information content (AvgIpc) is 2.66. The Morgan fingerprint density at radius 3 is 2.64 bits per heavy atom. The molecule has 2 aliphatic rings. The maximum absolute atomic E-state index is 12.2. The lowest BCUT2D eigenvalue weighted by molar-refractivity contribution is -0.126. The van der Waals surface area contributed by atoms with Crippen molar-refractivity contribution in [2.45, 2.75) is 12.1 Å². The summed E-state index contributed by atoms with van der Waals surface area (Å²) in [6.07, 6.45) is 1.55. The van der Waals surface area contributed by atoms with E-state index in [0.717, 1.165) is 0 Å². The number of methoxy groups -OCH3 is 1. The number of rotatable bonds is 5. The molecular formula is C11H17N3O7S. The van der Waals surface area contributed by atoms with Crippen molar-refractivity contribution in [3.8, 4) is 0 Å². The maximum Gasteiger partial charge on any atom is 0.418 e. The Balaban J connectivity index is 2.39. The molecule has 0 aromatic rings. The smallest absolute Gasteiger partial charge is 0.382 e. The number of nitrogens with zero attached hydrogens (tertiary/aromatic N) is 3. The molecular weight excluding hydrogens is 318 g/mol. The van der Waals surface area contributed by atoms with Crippen LogP contribution in [0.1, 0.15) is 0 Å². The summed E-state index contributed by atoms with van der Waals surface area (Å²) >= 11 is 0. The van der Waals surface area contributed by atoms with Crippen LogP contribution in [0.5, 0.6) is 0 Å². The van der Waals surface area contributed by atoms with E-state index < -0.39 is 28.5 Å². The van der Waals surface area contributed by atoms with Crippen LogP contribution in [0.4, 0.5) is 4.79 Å². The fourth-order valence-electron chi connectivity index (χ4n) is 2.47. The first-order valence-corrected chi connectivity index (χ1v) is 7.71. The van der Waals surface area contributed by atoms with Gasteiger partial charge in [-0.2, -0.15) is 13.5 Å². The van der Waals surface area contributed by atoms with Gasteiger partial charge in [0.05, 0.1) is 19.2 Å². The second kappa shape index (κ2) is 5.83. The summed E-state index contributed by atoms with van der Waals surface area (Å²) in [4.78, 5) is 27.1. The Labute approximate surface area is 127 Å².